The topological polar surface area (TPSA) is 38.5 Å². The molecule has 1 aromatic rings. The standard InChI is InChI=1S/C16H24N2O/c1-18(10-12-5-4-8-19-11-12)15-9-13-6-2-3-7-14(13)16(15)17/h2-3,6-7,12,15-16H,4-5,8-11,17H2,1H3. The number of nitrogens with zero attached hydrogens (tertiary/aromatic N) is 1. The first-order chi connectivity index (χ1) is 9.25. The molecule has 3 unspecified atom stereocenters. The zero-order chi connectivity index (χ0) is 13.2. The van der Waals surface area contributed by atoms with Crippen molar-refractivity contribution in [2.45, 2.75) is 31.3 Å². The van der Waals surface area contributed by atoms with Crippen LogP contribution in [0.25, 0.3) is 0 Å². The van der Waals surface area contributed by atoms with E-state index in [0.717, 1.165) is 26.2 Å². The van der Waals surface area contributed by atoms with Crippen LogP contribution in [0.5, 0.6) is 0 Å². The molecule has 0 aromatic heterocycles. The molecule has 0 saturated carbocycles. The predicted octanol–water partition coefficient (Wildman–Crippen LogP) is 1.97. The quantitative estimate of drug-likeness (QED) is 0.903. The molecule has 1 aliphatic heterocycles. The van der Waals surface area contributed by atoms with Crippen molar-refractivity contribution < 1.29 is 4.74 Å². The second kappa shape index (κ2) is 5.61. The highest BCUT2D eigenvalue weighted by molar-refractivity contribution is 5.36. The molecule has 0 amide bonds. The van der Waals surface area contributed by atoms with Crippen molar-refractivity contribution in [2.75, 3.05) is 26.8 Å². The summed E-state index contributed by atoms with van der Waals surface area (Å²) in [5.74, 6) is 0.676. The lowest BCUT2D eigenvalue weighted by Crippen LogP contribution is -2.42. The number of likely N-dealkylation sites (N-methyl/N-ethyl adjacent to an activating group) is 1. The van der Waals surface area contributed by atoms with Gasteiger partial charge in [-0.25, -0.2) is 0 Å². The Morgan fingerprint density at radius 2 is 2.21 bits per heavy atom. The molecule has 0 radical (unpaired) electrons. The van der Waals surface area contributed by atoms with E-state index in [1.165, 1.54) is 24.0 Å². The third-order valence-corrected chi connectivity index (χ3v) is 4.62. The van der Waals surface area contributed by atoms with Crippen molar-refractivity contribution in [2.24, 2.45) is 11.7 Å². The van der Waals surface area contributed by atoms with Crippen LogP contribution in [0.1, 0.15) is 30.0 Å². The third kappa shape index (κ3) is 2.69. The van der Waals surface area contributed by atoms with Crippen LogP contribution < -0.4 is 5.73 Å². The maximum atomic E-state index is 6.42. The molecule has 2 aliphatic rings. The van der Waals surface area contributed by atoms with E-state index in [0.29, 0.717) is 12.0 Å². The van der Waals surface area contributed by atoms with Gasteiger partial charge in [-0.2, -0.15) is 0 Å². The minimum atomic E-state index is 0.158. The van der Waals surface area contributed by atoms with Gasteiger partial charge in [-0.1, -0.05) is 24.3 Å². The molecule has 19 heavy (non-hydrogen) atoms. The summed E-state index contributed by atoms with van der Waals surface area (Å²) in [4.78, 5) is 2.45. The molecular weight excluding hydrogens is 236 g/mol. The first-order valence-electron chi connectivity index (χ1n) is 7.37. The second-order valence-electron chi connectivity index (χ2n) is 6.02. The predicted molar refractivity (Wildman–Crippen MR) is 77.0 cm³/mol. The summed E-state index contributed by atoms with van der Waals surface area (Å²) in [5.41, 5.74) is 9.18. The largest absolute Gasteiger partial charge is 0.381 e. The fourth-order valence-electron chi connectivity index (χ4n) is 3.53. The van der Waals surface area contributed by atoms with E-state index in [1.54, 1.807) is 0 Å². The molecule has 0 bridgehead atoms. The third-order valence-electron chi connectivity index (χ3n) is 4.62. The zero-order valence-corrected chi connectivity index (χ0v) is 11.7. The maximum Gasteiger partial charge on any atom is 0.0506 e. The molecule has 3 atom stereocenters. The van der Waals surface area contributed by atoms with Gasteiger partial charge in [-0.3, -0.25) is 0 Å². The van der Waals surface area contributed by atoms with Crippen LogP contribution in [0, 0.1) is 5.92 Å². The van der Waals surface area contributed by atoms with E-state index in [9.17, 15) is 0 Å². The van der Waals surface area contributed by atoms with Crippen LogP contribution in [0.4, 0.5) is 0 Å². The van der Waals surface area contributed by atoms with E-state index in [4.69, 9.17) is 10.5 Å². The molecule has 3 nitrogen and oxygen atoms in total. The Bertz CT molecular complexity index is 429. The molecule has 1 aliphatic carbocycles. The van der Waals surface area contributed by atoms with Gasteiger partial charge >= 0.3 is 0 Å². The van der Waals surface area contributed by atoms with Gasteiger partial charge in [-0.05, 0) is 43.4 Å². The monoisotopic (exact) mass is 260 g/mol. The number of hydrogen-bond acceptors (Lipinski definition) is 3. The summed E-state index contributed by atoms with van der Waals surface area (Å²) >= 11 is 0. The van der Waals surface area contributed by atoms with Gasteiger partial charge in [0.05, 0.1) is 6.61 Å². The van der Waals surface area contributed by atoms with Crippen LogP contribution in [-0.2, 0) is 11.2 Å². The van der Waals surface area contributed by atoms with Gasteiger partial charge in [0.15, 0.2) is 0 Å². The molecule has 3 heteroatoms. The van der Waals surface area contributed by atoms with E-state index in [1.807, 2.05) is 0 Å². The van der Waals surface area contributed by atoms with Gasteiger partial charge in [0, 0.05) is 25.2 Å². The number of benzene rings is 1. The summed E-state index contributed by atoms with van der Waals surface area (Å²) in [6, 6.07) is 9.20. The van der Waals surface area contributed by atoms with Gasteiger partial charge in [0.2, 0.25) is 0 Å². The first-order valence-corrected chi connectivity index (χ1v) is 7.37. The van der Waals surface area contributed by atoms with E-state index >= 15 is 0 Å². The zero-order valence-electron chi connectivity index (χ0n) is 11.7. The van der Waals surface area contributed by atoms with E-state index in [-0.39, 0.29) is 6.04 Å². The lowest BCUT2D eigenvalue weighted by atomic mass is 10.00. The van der Waals surface area contributed by atoms with E-state index < -0.39 is 0 Å². The number of hydrogen-bond donors (Lipinski definition) is 1. The minimum Gasteiger partial charge on any atom is -0.381 e. The van der Waals surface area contributed by atoms with Crippen molar-refractivity contribution in [3.63, 3.8) is 0 Å². The summed E-state index contributed by atoms with van der Waals surface area (Å²) < 4.78 is 5.58. The molecule has 0 spiro atoms. The normalized spacial score (nSPS) is 30.6. The maximum absolute atomic E-state index is 6.42. The van der Waals surface area contributed by atoms with Crippen LogP contribution >= 0.6 is 0 Å². The summed E-state index contributed by atoms with van der Waals surface area (Å²) in [6.45, 7) is 2.96. The molecule has 3 rings (SSSR count). The highest BCUT2D eigenvalue weighted by Gasteiger charge is 2.33. The van der Waals surface area contributed by atoms with Crippen molar-refractivity contribution in [1.29, 1.82) is 0 Å². The Morgan fingerprint density at radius 3 is 2.95 bits per heavy atom. The minimum absolute atomic E-state index is 0.158. The van der Waals surface area contributed by atoms with E-state index in [2.05, 4.69) is 36.2 Å². The molecule has 1 heterocycles. The highest BCUT2D eigenvalue weighted by Crippen LogP contribution is 2.32. The Hall–Kier alpha value is -0.900. The average Bonchev–Trinajstić information content (AvgIpc) is 2.78. The second-order valence-corrected chi connectivity index (χ2v) is 6.02. The SMILES string of the molecule is CN(CC1CCCOC1)C1Cc2ccccc2C1N. The summed E-state index contributed by atoms with van der Waals surface area (Å²) in [6.07, 6.45) is 3.58. The molecule has 1 fully saturated rings. The van der Waals surface area contributed by atoms with Crippen molar-refractivity contribution in [1.82, 2.24) is 4.90 Å². The lowest BCUT2D eigenvalue weighted by Gasteiger charge is -2.32. The highest BCUT2D eigenvalue weighted by atomic mass is 16.5. The van der Waals surface area contributed by atoms with Crippen molar-refractivity contribution in [3.8, 4) is 0 Å². The van der Waals surface area contributed by atoms with Crippen molar-refractivity contribution >= 4 is 0 Å². The number of rotatable bonds is 3. The lowest BCUT2D eigenvalue weighted by molar-refractivity contribution is 0.0350. The molecule has 104 valence electrons. The average molecular weight is 260 g/mol. The Labute approximate surface area is 115 Å². The molecule has 1 saturated heterocycles. The molecule has 1 aromatic carbocycles. The van der Waals surface area contributed by atoms with Crippen LogP contribution in [0.15, 0.2) is 24.3 Å². The van der Waals surface area contributed by atoms with Gasteiger partial charge < -0.3 is 15.4 Å². The van der Waals surface area contributed by atoms with Gasteiger partial charge in [0.25, 0.3) is 0 Å². The fraction of sp³-hybridized carbons (Fsp3) is 0.625. The molecule has 2 N–H and O–H groups in total. The fourth-order valence-corrected chi connectivity index (χ4v) is 3.53. The Kier molecular flexibility index (Phi) is 3.87. The summed E-state index contributed by atoms with van der Waals surface area (Å²) in [7, 11) is 2.21. The van der Waals surface area contributed by atoms with Gasteiger partial charge in [0.1, 0.15) is 0 Å². The van der Waals surface area contributed by atoms with Crippen LogP contribution in [0.3, 0.4) is 0 Å². The summed E-state index contributed by atoms with van der Waals surface area (Å²) in [5, 5.41) is 0. The number of nitrogens with two attached hydrogens (primary N) is 1. The van der Waals surface area contributed by atoms with Gasteiger partial charge in [-0.15, -0.1) is 0 Å². The van der Waals surface area contributed by atoms with Crippen LogP contribution in [0.2, 0.25) is 0 Å². The van der Waals surface area contributed by atoms with Crippen LogP contribution in [-0.4, -0.2) is 37.7 Å². The Balaban J connectivity index is 1.64. The van der Waals surface area contributed by atoms with Crippen molar-refractivity contribution in [3.05, 3.63) is 35.4 Å². The smallest absolute Gasteiger partial charge is 0.0506 e. The number of ether oxygens (including phenoxy) is 1. The molecular formula is C16H24N2O. The number of fused-ring (bicyclic) bond motifs is 1. The first kappa shape index (κ1) is 13.1. The Morgan fingerprint density at radius 1 is 1.37 bits per heavy atom.